The molecular weight excluding hydrogens is 150 g/mol. The van der Waals surface area contributed by atoms with Gasteiger partial charge in [-0.15, -0.1) is 12.4 Å². The van der Waals surface area contributed by atoms with Gasteiger partial charge in [0.25, 0.3) is 0 Å². The predicted molar refractivity (Wildman–Crippen MR) is 40.2 cm³/mol. The quantitative estimate of drug-likeness (QED) is 0.572. The molecule has 0 aromatic carbocycles. The highest BCUT2D eigenvalue weighted by Gasteiger charge is 1.86. The number of rotatable bonds is 0. The molecule has 2 aromatic rings. The highest BCUT2D eigenvalue weighted by Crippen LogP contribution is 1.93. The number of hydrogen-bond donors (Lipinski definition) is 0. The summed E-state index contributed by atoms with van der Waals surface area (Å²) < 4.78 is 1.72. The van der Waals surface area contributed by atoms with Crippen molar-refractivity contribution in [1.29, 1.82) is 0 Å². The molecule has 52 valence electrons. The van der Waals surface area contributed by atoms with Crippen LogP contribution in [0.25, 0.3) is 5.65 Å². The van der Waals surface area contributed by atoms with Crippen LogP contribution in [-0.2, 0) is 0 Å². The van der Waals surface area contributed by atoms with E-state index in [1.165, 1.54) is 6.33 Å². The molecule has 4 heteroatoms. The second kappa shape index (κ2) is 2.66. The van der Waals surface area contributed by atoms with Gasteiger partial charge in [-0.3, -0.25) is 0 Å². The van der Waals surface area contributed by atoms with E-state index in [9.17, 15) is 0 Å². The number of pyridine rings is 1. The van der Waals surface area contributed by atoms with Gasteiger partial charge < -0.3 is 0 Å². The Hall–Kier alpha value is -1.09. The van der Waals surface area contributed by atoms with Crippen LogP contribution in [0.2, 0.25) is 0 Å². The fourth-order valence-corrected chi connectivity index (χ4v) is 0.766. The molecule has 0 unspecified atom stereocenters. The average molecular weight is 156 g/mol. The van der Waals surface area contributed by atoms with E-state index < -0.39 is 0 Å². The lowest BCUT2D eigenvalue weighted by molar-refractivity contribution is 0.961. The molecule has 0 N–H and O–H groups in total. The van der Waals surface area contributed by atoms with Gasteiger partial charge in [-0.2, -0.15) is 5.10 Å². The molecule has 3 nitrogen and oxygen atoms in total. The smallest absolute Gasteiger partial charge is 0.155 e. The third-order valence-corrected chi connectivity index (χ3v) is 1.18. The number of fused-ring (bicyclic) bond motifs is 1. The van der Waals surface area contributed by atoms with Crippen molar-refractivity contribution in [1.82, 2.24) is 14.6 Å². The molecule has 0 saturated heterocycles. The van der Waals surface area contributed by atoms with Crippen LogP contribution in [0.4, 0.5) is 0 Å². The summed E-state index contributed by atoms with van der Waals surface area (Å²) in [4.78, 5) is 3.97. The van der Waals surface area contributed by atoms with Gasteiger partial charge in [0.15, 0.2) is 5.65 Å². The number of nitrogens with zero attached hydrogens (tertiary/aromatic N) is 3. The molecule has 2 heterocycles. The van der Waals surface area contributed by atoms with Gasteiger partial charge in [-0.05, 0) is 12.1 Å². The molecule has 2 aromatic heterocycles. The first-order chi connectivity index (χ1) is 4.47. The van der Waals surface area contributed by atoms with Crippen LogP contribution in [0, 0.1) is 0 Å². The third kappa shape index (κ3) is 0.953. The third-order valence-electron chi connectivity index (χ3n) is 1.18. The molecule has 2 rings (SSSR count). The van der Waals surface area contributed by atoms with Gasteiger partial charge in [-0.1, -0.05) is 6.07 Å². The minimum Gasteiger partial charge on any atom is -0.221 e. The van der Waals surface area contributed by atoms with Crippen molar-refractivity contribution in [3.63, 3.8) is 0 Å². The van der Waals surface area contributed by atoms with E-state index in [1.54, 1.807) is 4.52 Å². The molecule has 0 aliphatic carbocycles. The van der Waals surface area contributed by atoms with E-state index >= 15 is 0 Å². The molecule has 0 radical (unpaired) electrons. The topological polar surface area (TPSA) is 30.2 Å². The van der Waals surface area contributed by atoms with Crippen molar-refractivity contribution in [3.05, 3.63) is 30.7 Å². The van der Waals surface area contributed by atoms with Gasteiger partial charge in [0.2, 0.25) is 0 Å². The molecule has 0 bridgehead atoms. The summed E-state index contributed by atoms with van der Waals surface area (Å²) >= 11 is 0. The van der Waals surface area contributed by atoms with E-state index in [2.05, 4.69) is 10.1 Å². The second-order valence-electron chi connectivity index (χ2n) is 1.76. The Morgan fingerprint density at radius 1 is 1.30 bits per heavy atom. The lowest BCUT2D eigenvalue weighted by Gasteiger charge is -1.84. The summed E-state index contributed by atoms with van der Waals surface area (Å²) in [6.45, 7) is 0. The number of hydrogen-bond acceptors (Lipinski definition) is 2. The second-order valence-corrected chi connectivity index (χ2v) is 1.76. The minimum atomic E-state index is 0. The van der Waals surface area contributed by atoms with Gasteiger partial charge in [-0.25, -0.2) is 9.50 Å². The zero-order chi connectivity index (χ0) is 6.10. The van der Waals surface area contributed by atoms with Crippen molar-refractivity contribution in [2.75, 3.05) is 0 Å². The lowest BCUT2D eigenvalue weighted by Crippen LogP contribution is -1.82. The first kappa shape index (κ1) is 7.02. The van der Waals surface area contributed by atoms with Crippen LogP contribution in [0.5, 0.6) is 0 Å². The lowest BCUT2D eigenvalue weighted by atomic mass is 10.5. The van der Waals surface area contributed by atoms with Crippen molar-refractivity contribution in [3.8, 4) is 0 Å². The predicted octanol–water partition coefficient (Wildman–Crippen LogP) is 1.15. The Bertz CT molecular complexity index is 287. The molecule has 0 amide bonds. The van der Waals surface area contributed by atoms with E-state index in [0.29, 0.717) is 0 Å². The zero-order valence-electron chi connectivity index (χ0n) is 5.14. The Balaban J connectivity index is 0.000000500. The molecule has 0 saturated carbocycles. The summed E-state index contributed by atoms with van der Waals surface area (Å²) in [6, 6.07) is 5.76. The molecule has 0 spiro atoms. The summed E-state index contributed by atoms with van der Waals surface area (Å²) in [5.41, 5.74) is 0.887. The summed E-state index contributed by atoms with van der Waals surface area (Å²) in [5, 5.41) is 3.92. The zero-order valence-corrected chi connectivity index (χ0v) is 5.95. The standard InChI is InChI=1S/C6H5N3.ClH/c1-2-4-9-6(3-1)7-5-8-9;/h1-5H;1H. The van der Waals surface area contributed by atoms with Crippen molar-refractivity contribution in [2.24, 2.45) is 0 Å². The molecule has 0 aliphatic rings. The first-order valence-electron chi connectivity index (χ1n) is 2.71. The largest absolute Gasteiger partial charge is 0.221 e. The summed E-state index contributed by atoms with van der Waals surface area (Å²) in [7, 11) is 0. The maximum absolute atomic E-state index is 3.97. The molecule has 0 atom stereocenters. The van der Waals surface area contributed by atoms with E-state index in [-0.39, 0.29) is 12.4 Å². The van der Waals surface area contributed by atoms with Gasteiger partial charge in [0.05, 0.1) is 0 Å². The van der Waals surface area contributed by atoms with Crippen LogP contribution in [-0.4, -0.2) is 14.6 Å². The maximum atomic E-state index is 3.97. The van der Waals surface area contributed by atoms with Crippen molar-refractivity contribution >= 4 is 18.1 Å². The normalized spacial score (nSPS) is 9.20. The van der Waals surface area contributed by atoms with E-state index in [1.807, 2.05) is 24.4 Å². The van der Waals surface area contributed by atoms with Crippen LogP contribution >= 0.6 is 12.4 Å². The number of aromatic nitrogens is 3. The van der Waals surface area contributed by atoms with Crippen molar-refractivity contribution < 1.29 is 0 Å². The minimum absolute atomic E-state index is 0. The Morgan fingerprint density at radius 3 is 3.00 bits per heavy atom. The van der Waals surface area contributed by atoms with Gasteiger partial charge in [0, 0.05) is 6.20 Å². The summed E-state index contributed by atoms with van der Waals surface area (Å²) in [5.74, 6) is 0. The molecule has 0 fully saturated rings. The van der Waals surface area contributed by atoms with Gasteiger partial charge >= 0.3 is 0 Å². The molecular formula is C6H6ClN3. The maximum Gasteiger partial charge on any atom is 0.155 e. The van der Waals surface area contributed by atoms with Crippen molar-refractivity contribution in [2.45, 2.75) is 0 Å². The fraction of sp³-hybridized carbons (Fsp3) is 0. The first-order valence-corrected chi connectivity index (χ1v) is 2.71. The van der Waals surface area contributed by atoms with Gasteiger partial charge in [0.1, 0.15) is 6.33 Å². The Morgan fingerprint density at radius 2 is 2.20 bits per heavy atom. The number of halogens is 1. The van der Waals surface area contributed by atoms with Crippen LogP contribution in [0.3, 0.4) is 0 Å². The highest BCUT2D eigenvalue weighted by atomic mass is 35.5. The molecule has 0 aliphatic heterocycles. The van der Waals surface area contributed by atoms with Crippen LogP contribution in [0.1, 0.15) is 0 Å². The van der Waals surface area contributed by atoms with Crippen LogP contribution < -0.4 is 0 Å². The summed E-state index contributed by atoms with van der Waals surface area (Å²) in [6.07, 6.45) is 3.40. The Kier molecular flexibility index (Phi) is 1.87. The SMILES string of the molecule is Cl.c1ccn2ncnc2c1. The Labute approximate surface area is 64.1 Å². The monoisotopic (exact) mass is 155 g/mol. The van der Waals surface area contributed by atoms with Crippen LogP contribution in [0.15, 0.2) is 30.7 Å². The van der Waals surface area contributed by atoms with E-state index in [4.69, 9.17) is 0 Å². The fourth-order valence-electron chi connectivity index (χ4n) is 0.766. The molecule has 10 heavy (non-hydrogen) atoms. The van der Waals surface area contributed by atoms with E-state index in [0.717, 1.165) is 5.65 Å². The average Bonchev–Trinajstić information content (AvgIpc) is 2.33. The highest BCUT2D eigenvalue weighted by molar-refractivity contribution is 5.85.